The molecular formula is C16H24N2O3. The molecule has 0 aromatic heterocycles. The number of ether oxygens (including phenoxy) is 2. The van der Waals surface area contributed by atoms with Gasteiger partial charge in [0.1, 0.15) is 5.75 Å². The van der Waals surface area contributed by atoms with Gasteiger partial charge in [0.25, 0.3) is 5.91 Å². The second-order valence-corrected chi connectivity index (χ2v) is 5.40. The zero-order valence-corrected chi connectivity index (χ0v) is 12.8. The van der Waals surface area contributed by atoms with Crippen molar-refractivity contribution in [3.63, 3.8) is 0 Å². The summed E-state index contributed by atoms with van der Waals surface area (Å²) in [4.78, 5) is 14.4. The Morgan fingerprint density at radius 3 is 2.86 bits per heavy atom. The third-order valence-corrected chi connectivity index (χ3v) is 3.29. The lowest BCUT2D eigenvalue weighted by atomic mass is 10.2. The molecule has 116 valence electrons. The zero-order valence-electron chi connectivity index (χ0n) is 12.8. The number of hydrogen-bond acceptors (Lipinski definition) is 4. The number of amides is 1. The van der Waals surface area contributed by atoms with Crippen LogP contribution in [0.3, 0.4) is 0 Å². The smallest absolute Gasteiger partial charge is 0.251 e. The predicted octanol–water partition coefficient (Wildman–Crippen LogP) is 1.54. The Hall–Kier alpha value is -1.59. The van der Waals surface area contributed by atoms with Crippen LogP contribution >= 0.6 is 0 Å². The zero-order chi connectivity index (χ0) is 15.1. The minimum atomic E-state index is -0.0579. The number of rotatable bonds is 6. The van der Waals surface area contributed by atoms with E-state index >= 15 is 0 Å². The number of hydrogen-bond donors (Lipinski definition) is 1. The van der Waals surface area contributed by atoms with Crippen LogP contribution in [0.2, 0.25) is 0 Å². The van der Waals surface area contributed by atoms with Crippen molar-refractivity contribution in [1.82, 2.24) is 10.2 Å². The lowest BCUT2D eigenvalue weighted by molar-refractivity contribution is 0.0383. The predicted molar refractivity (Wildman–Crippen MR) is 81.8 cm³/mol. The fraction of sp³-hybridized carbons (Fsp3) is 0.562. The first kappa shape index (κ1) is 15.8. The fourth-order valence-electron chi connectivity index (χ4n) is 2.24. The third kappa shape index (κ3) is 5.36. The van der Waals surface area contributed by atoms with E-state index in [1.54, 1.807) is 12.1 Å². The highest BCUT2D eigenvalue weighted by Gasteiger charge is 2.11. The van der Waals surface area contributed by atoms with Crippen LogP contribution in [0.25, 0.3) is 0 Å². The molecule has 0 unspecified atom stereocenters. The molecule has 0 saturated carbocycles. The van der Waals surface area contributed by atoms with E-state index in [1.807, 2.05) is 26.0 Å². The van der Waals surface area contributed by atoms with Gasteiger partial charge in [-0.1, -0.05) is 6.07 Å². The number of morpholine rings is 1. The van der Waals surface area contributed by atoms with Crippen molar-refractivity contribution in [1.29, 1.82) is 0 Å². The standard InChI is InChI=1S/C16H24N2O3/c1-13(2)21-15-5-3-4-14(12-15)16(19)17-6-7-18-8-10-20-11-9-18/h3-5,12-13H,6-11H2,1-2H3,(H,17,19). The lowest BCUT2D eigenvalue weighted by Gasteiger charge is -2.26. The molecule has 21 heavy (non-hydrogen) atoms. The van der Waals surface area contributed by atoms with Gasteiger partial charge in [0.05, 0.1) is 19.3 Å². The van der Waals surface area contributed by atoms with Gasteiger partial charge >= 0.3 is 0 Å². The lowest BCUT2D eigenvalue weighted by Crippen LogP contribution is -2.41. The first-order valence-electron chi connectivity index (χ1n) is 7.50. The van der Waals surface area contributed by atoms with Crippen molar-refractivity contribution in [3.8, 4) is 5.75 Å². The Labute approximate surface area is 126 Å². The van der Waals surface area contributed by atoms with Crippen molar-refractivity contribution in [3.05, 3.63) is 29.8 Å². The summed E-state index contributed by atoms with van der Waals surface area (Å²) >= 11 is 0. The molecule has 0 bridgehead atoms. The largest absolute Gasteiger partial charge is 0.491 e. The van der Waals surface area contributed by atoms with Crippen LogP contribution in [0.1, 0.15) is 24.2 Å². The molecular weight excluding hydrogens is 268 g/mol. The van der Waals surface area contributed by atoms with Crippen LogP contribution in [0.5, 0.6) is 5.75 Å². The molecule has 0 radical (unpaired) electrons. The van der Waals surface area contributed by atoms with Gasteiger partial charge < -0.3 is 14.8 Å². The average molecular weight is 292 g/mol. The summed E-state index contributed by atoms with van der Waals surface area (Å²) in [6.45, 7) is 8.88. The Morgan fingerprint density at radius 1 is 1.38 bits per heavy atom. The normalized spacial score (nSPS) is 16.0. The van der Waals surface area contributed by atoms with Crippen molar-refractivity contribution in [2.24, 2.45) is 0 Å². The number of benzene rings is 1. The molecule has 0 spiro atoms. The van der Waals surface area contributed by atoms with Crippen molar-refractivity contribution in [2.45, 2.75) is 20.0 Å². The van der Waals surface area contributed by atoms with E-state index in [0.29, 0.717) is 12.1 Å². The number of carbonyl (C=O) groups is 1. The highest BCUT2D eigenvalue weighted by Crippen LogP contribution is 2.14. The molecule has 1 heterocycles. The second kappa shape index (κ2) is 8.00. The van der Waals surface area contributed by atoms with Crippen LogP contribution in [0.15, 0.2) is 24.3 Å². The molecule has 1 aromatic rings. The van der Waals surface area contributed by atoms with Gasteiger partial charge in [0.15, 0.2) is 0 Å². The quantitative estimate of drug-likeness (QED) is 0.864. The Kier molecular flexibility index (Phi) is 6.02. The van der Waals surface area contributed by atoms with Crippen LogP contribution in [-0.2, 0) is 4.74 Å². The molecule has 1 saturated heterocycles. The highest BCUT2D eigenvalue weighted by atomic mass is 16.5. The van der Waals surface area contributed by atoms with Gasteiger partial charge in [-0.2, -0.15) is 0 Å². The molecule has 2 rings (SSSR count). The summed E-state index contributed by atoms with van der Waals surface area (Å²) < 4.78 is 10.9. The van der Waals surface area contributed by atoms with Gasteiger partial charge in [-0.05, 0) is 32.0 Å². The second-order valence-electron chi connectivity index (χ2n) is 5.40. The number of carbonyl (C=O) groups excluding carboxylic acids is 1. The average Bonchev–Trinajstić information content (AvgIpc) is 2.48. The first-order chi connectivity index (χ1) is 10.1. The van der Waals surface area contributed by atoms with E-state index in [-0.39, 0.29) is 12.0 Å². The summed E-state index contributed by atoms with van der Waals surface area (Å²) in [6, 6.07) is 7.29. The van der Waals surface area contributed by atoms with Crippen molar-refractivity contribution in [2.75, 3.05) is 39.4 Å². The maximum atomic E-state index is 12.1. The summed E-state index contributed by atoms with van der Waals surface area (Å²) in [6.07, 6.45) is 0.102. The van der Waals surface area contributed by atoms with Crippen LogP contribution in [0, 0.1) is 0 Å². The summed E-state index contributed by atoms with van der Waals surface area (Å²) in [7, 11) is 0. The maximum absolute atomic E-state index is 12.1. The van der Waals surface area contributed by atoms with E-state index in [4.69, 9.17) is 9.47 Å². The molecule has 1 amide bonds. The molecule has 1 fully saturated rings. The monoisotopic (exact) mass is 292 g/mol. The van der Waals surface area contributed by atoms with Gasteiger partial charge in [-0.25, -0.2) is 0 Å². The minimum absolute atomic E-state index is 0.0579. The first-order valence-corrected chi connectivity index (χ1v) is 7.50. The number of nitrogens with one attached hydrogen (secondary N) is 1. The van der Waals surface area contributed by atoms with Crippen LogP contribution in [-0.4, -0.2) is 56.3 Å². The van der Waals surface area contributed by atoms with Gasteiger partial charge in [-0.3, -0.25) is 9.69 Å². The molecule has 0 aliphatic carbocycles. The highest BCUT2D eigenvalue weighted by molar-refractivity contribution is 5.94. The topological polar surface area (TPSA) is 50.8 Å². The van der Waals surface area contributed by atoms with Gasteiger partial charge in [-0.15, -0.1) is 0 Å². The Morgan fingerprint density at radius 2 is 2.14 bits per heavy atom. The van der Waals surface area contributed by atoms with E-state index in [0.717, 1.165) is 38.6 Å². The maximum Gasteiger partial charge on any atom is 0.251 e. The van der Waals surface area contributed by atoms with E-state index in [1.165, 1.54) is 0 Å². The van der Waals surface area contributed by atoms with Crippen molar-refractivity contribution < 1.29 is 14.3 Å². The SMILES string of the molecule is CC(C)Oc1cccc(C(=O)NCCN2CCOCC2)c1. The van der Waals surface area contributed by atoms with Crippen LogP contribution in [0.4, 0.5) is 0 Å². The molecule has 1 aromatic carbocycles. The molecule has 1 aliphatic rings. The summed E-state index contributed by atoms with van der Waals surface area (Å²) in [5, 5.41) is 2.95. The van der Waals surface area contributed by atoms with Gasteiger partial charge in [0, 0.05) is 31.7 Å². The molecule has 5 heteroatoms. The van der Waals surface area contributed by atoms with Crippen molar-refractivity contribution >= 4 is 5.91 Å². The Balaban J connectivity index is 1.79. The number of nitrogens with zero attached hydrogens (tertiary/aromatic N) is 1. The molecule has 0 atom stereocenters. The van der Waals surface area contributed by atoms with Gasteiger partial charge in [0.2, 0.25) is 0 Å². The van der Waals surface area contributed by atoms with Crippen LogP contribution < -0.4 is 10.1 Å². The summed E-state index contributed by atoms with van der Waals surface area (Å²) in [5.74, 6) is 0.670. The third-order valence-electron chi connectivity index (χ3n) is 3.29. The molecule has 5 nitrogen and oxygen atoms in total. The van der Waals surface area contributed by atoms with E-state index in [2.05, 4.69) is 10.2 Å². The fourth-order valence-corrected chi connectivity index (χ4v) is 2.24. The van der Waals surface area contributed by atoms with E-state index < -0.39 is 0 Å². The minimum Gasteiger partial charge on any atom is -0.491 e. The molecule has 1 aliphatic heterocycles. The molecule has 1 N–H and O–H groups in total. The van der Waals surface area contributed by atoms with E-state index in [9.17, 15) is 4.79 Å². The summed E-state index contributed by atoms with van der Waals surface area (Å²) in [5.41, 5.74) is 0.634. The Bertz CT molecular complexity index is 457.